The molecule has 3 heterocycles. The molecule has 8 aromatic rings. The number of hydrogen-bond donors (Lipinski definition) is 0. The van der Waals surface area contributed by atoms with Gasteiger partial charge in [-0.15, -0.1) is 11.3 Å². The molecule has 0 amide bonds. The summed E-state index contributed by atoms with van der Waals surface area (Å²) in [7, 11) is 0. The van der Waals surface area contributed by atoms with Crippen molar-refractivity contribution in [3.63, 3.8) is 0 Å². The Labute approximate surface area is 229 Å². The minimum atomic E-state index is 0.727. The van der Waals surface area contributed by atoms with Gasteiger partial charge in [-0.1, -0.05) is 103 Å². The largest absolute Gasteiger partial charge is 0.246 e. The number of thiophene rings is 1. The quantitative estimate of drug-likeness (QED) is 0.235. The lowest BCUT2D eigenvalue weighted by molar-refractivity contribution is 1.23. The van der Waals surface area contributed by atoms with E-state index in [-0.39, 0.29) is 0 Å². The van der Waals surface area contributed by atoms with Gasteiger partial charge < -0.3 is 0 Å². The molecule has 0 saturated carbocycles. The number of hydrogen-bond acceptors (Lipinski definition) is 4. The van der Waals surface area contributed by atoms with Gasteiger partial charge in [0.15, 0.2) is 5.82 Å². The lowest BCUT2D eigenvalue weighted by Crippen LogP contribution is -1.95. The van der Waals surface area contributed by atoms with Crippen molar-refractivity contribution in [2.24, 2.45) is 0 Å². The molecule has 0 radical (unpaired) electrons. The van der Waals surface area contributed by atoms with Crippen molar-refractivity contribution in [1.82, 2.24) is 15.0 Å². The molecule has 8 rings (SSSR count). The molecule has 0 spiro atoms. The molecule has 3 nitrogen and oxygen atoms in total. The van der Waals surface area contributed by atoms with Crippen LogP contribution in [-0.4, -0.2) is 15.0 Å². The second kappa shape index (κ2) is 8.83. The van der Waals surface area contributed by atoms with Crippen LogP contribution in [0, 0.1) is 0 Å². The van der Waals surface area contributed by atoms with Crippen LogP contribution in [0.2, 0.25) is 0 Å². The molecule has 39 heavy (non-hydrogen) atoms. The summed E-state index contributed by atoms with van der Waals surface area (Å²) < 4.78 is 2.49. The molecule has 0 aliphatic heterocycles. The maximum atomic E-state index is 5.21. The number of rotatable bonds is 3. The molecular weight excluding hydrogens is 494 g/mol. The van der Waals surface area contributed by atoms with Gasteiger partial charge in [0.1, 0.15) is 0 Å². The first-order valence-electron chi connectivity index (χ1n) is 13.0. The molecule has 0 aliphatic rings. The van der Waals surface area contributed by atoms with Gasteiger partial charge in [-0.25, -0.2) is 15.0 Å². The third kappa shape index (κ3) is 3.61. The molecule has 0 saturated heterocycles. The summed E-state index contributed by atoms with van der Waals surface area (Å²) in [6.07, 6.45) is 0. The molecule has 0 fully saturated rings. The van der Waals surface area contributed by atoms with Gasteiger partial charge in [0.2, 0.25) is 0 Å². The summed E-state index contributed by atoms with van der Waals surface area (Å²) in [5.74, 6) is 0.727. The Bertz CT molecular complexity index is 2180. The van der Waals surface area contributed by atoms with Crippen molar-refractivity contribution in [2.75, 3.05) is 0 Å². The fourth-order valence-corrected chi connectivity index (χ4v) is 6.68. The monoisotopic (exact) mass is 515 g/mol. The first-order valence-corrected chi connectivity index (χ1v) is 13.8. The summed E-state index contributed by atoms with van der Waals surface area (Å²) in [6, 6.07) is 44.1. The minimum Gasteiger partial charge on any atom is -0.246 e. The van der Waals surface area contributed by atoms with Crippen LogP contribution in [0.4, 0.5) is 0 Å². The highest BCUT2D eigenvalue weighted by molar-refractivity contribution is 7.26. The Morgan fingerprint density at radius 3 is 1.87 bits per heavy atom. The predicted molar refractivity (Wildman–Crippen MR) is 164 cm³/mol. The Morgan fingerprint density at radius 2 is 1.05 bits per heavy atom. The van der Waals surface area contributed by atoms with Gasteiger partial charge in [0.25, 0.3) is 0 Å². The Hall–Kier alpha value is -4.93. The van der Waals surface area contributed by atoms with Crippen LogP contribution in [0.1, 0.15) is 0 Å². The van der Waals surface area contributed by atoms with Crippen molar-refractivity contribution < 1.29 is 0 Å². The second-order valence-corrected chi connectivity index (χ2v) is 10.7. The zero-order valence-corrected chi connectivity index (χ0v) is 21.7. The van der Waals surface area contributed by atoms with Gasteiger partial charge in [-0.05, 0) is 24.3 Å². The molecule has 0 unspecified atom stereocenters. The average molecular weight is 516 g/mol. The molecule has 5 aromatic carbocycles. The van der Waals surface area contributed by atoms with E-state index in [9.17, 15) is 0 Å². The summed E-state index contributed by atoms with van der Waals surface area (Å²) >= 11 is 1.81. The SMILES string of the molecule is c1ccc(-c2nc(-c3cccc(-c4nc5ccccc5c5c4sc4ccccc45)c3)c3ccccc3n2)cc1. The van der Waals surface area contributed by atoms with Crippen molar-refractivity contribution in [2.45, 2.75) is 0 Å². The summed E-state index contributed by atoms with van der Waals surface area (Å²) in [4.78, 5) is 15.2. The van der Waals surface area contributed by atoms with E-state index in [0.717, 1.165) is 50.3 Å². The van der Waals surface area contributed by atoms with Crippen molar-refractivity contribution in [3.8, 4) is 33.9 Å². The third-order valence-corrected chi connectivity index (χ3v) is 8.44. The van der Waals surface area contributed by atoms with Gasteiger partial charge in [0, 0.05) is 42.9 Å². The zero-order valence-electron chi connectivity index (χ0n) is 20.9. The number of fused-ring (bicyclic) bond motifs is 6. The molecular formula is C35H21N3S. The van der Waals surface area contributed by atoms with Crippen LogP contribution in [-0.2, 0) is 0 Å². The lowest BCUT2D eigenvalue weighted by atomic mass is 10.00. The van der Waals surface area contributed by atoms with Crippen molar-refractivity contribution in [1.29, 1.82) is 0 Å². The van der Waals surface area contributed by atoms with E-state index in [4.69, 9.17) is 15.0 Å². The highest BCUT2D eigenvalue weighted by atomic mass is 32.1. The topological polar surface area (TPSA) is 38.7 Å². The molecule has 0 N–H and O–H groups in total. The van der Waals surface area contributed by atoms with Crippen molar-refractivity contribution >= 4 is 53.3 Å². The smallest absolute Gasteiger partial charge is 0.160 e. The van der Waals surface area contributed by atoms with Gasteiger partial charge in [-0.3, -0.25) is 0 Å². The van der Waals surface area contributed by atoms with E-state index < -0.39 is 0 Å². The van der Waals surface area contributed by atoms with Crippen LogP contribution < -0.4 is 0 Å². The fraction of sp³-hybridized carbons (Fsp3) is 0. The van der Waals surface area contributed by atoms with E-state index >= 15 is 0 Å². The first kappa shape index (κ1) is 22.1. The molecule has 0 bridgehead atoms. The van der Waals surface area contributed by atoms with Crippen LogP contribution in [0.3, 0.4) is 0 Å². The summed E-state index contributed by atoms with van der Waals surface area (Å²) in [5, 5.41) is 4.79. The second-order valence-electron chi connectivity index (χ2n) is 9.64. The lowest BCUT2D eigenvalue weighted by Gasteiger charge is -2.11. The number of aromatic nitrogens is 3. The van der Waals surface area contributed by atoms with Crippen LogP contribution >= 0.6 is 11.3 Å². The number of nitrogens with zero attached hydrogens (tertiary/aromatic N) is 3. The number of pyridine rings is 1. The molecule has 0 atom stereocenters. The highest BCUT2D eigenvalue weighted by Gasteiger charge is 2.17. The van der Waals surface area contributed by atoms with Crippen LogP contribution in [0.15, 0.2) is 127 Å². The van der Waals surface area contributed by atoms with E-state index in [0.29, 0.717) is 0 Å². The summed E-state index contributed by atoms with van der Waals surface area (Å²) in [5.41, 5.74) is 7.01. The van der Waals surface area contributed by atoms with Gasteiger partial charge in [-0.2, -0.15) is 0 Å². The highest BCUT2D eigenvalue weighted by Crippen LogP contribution is 2.43. The first-order chi connectivity index (χ1) is 19.3. The van der Waals surface area contributed by atoms with E-state index in [1.54, 1.807) is 0 Å². The van der Waals surface area contributed by atoms with Crippen LogP contribution in [0.5, 0.6) is 0 Å². The molecule has 4 heteroatoms. The molecule has 0 aliphatic carbocycles. The normalized spacial score (nSPS) is 11.6. The average Bonchev–Trinajstić information content (AvgIpc) is 3.41. The Balaban J connectivity index is 1.39. The molecule has 3 aromatic heterocycles. The Morgan fingerprint density at radius 1 is 0.436 bits per heavy atom. The maximum absolute atomic E-state index is 5.21. The van der Waals surface area contributed by atoms with E-state index in [2.05, 4.69) is 97.1 Å². The Kier molecular flexibility index (Phi) is 5.00. The fourth-order valence-electron chi connectivity index (χ4n) is 5.46. The predicted octanol–water partition coefficient (Wildman–Crippen LogP) is 9.55. The zero-order chi connectivity index (χ0) is 25.8. The van der Waals surface area contributed by atoms with Crippen molar-refractivity contribution in [3.05, 3.63) is 127 Å². The standard InChI is InChI=1S/C35H21N3S/c1-2-11-22(12-3-1)35-37-29-19-8-5-16-26(29)32(38-35)23-13-10-14-24(21-23)33-34-31(25-15-4-7-18-28(25)36-33)27-17-6-9-20-30(27)39-34/h1-21H. The number of para-hydroxylation sites is 2. The van der Waals surface area contributed by atoms with E-state index in [1.807, 2.05) is 41.7 Å². The van der Waals surface area contributed by atoms with Gasteiger partial charge >= 0.3 is 0 Å². The minimum absolute atomic E-state index is 0.727. The van der Waals surface area contributed by atoms with Crippen LogP contribution in [0.25, 0.3) is 75.9 Å². The van der Waals surface area contributed by atoms with E-state index in [1.165, 1.54) is 25.6 Å². The molecule has 182 valence electrons. The maximum Gasteiger partial charge on any atom is 0.160 e. The summed E-state index contributed by atoms with van der Waals surface area (Å²) in [6.45, 7) is 0. The van der Waals surface area contributed by atoms with Gasteiger partial charge in [0.05, 0.1) is 27.1 Å². The third-order valence-electron chi connectivity index (χ3n) is 7.26. The number of benzene rings is 5.